The number of anilines is 1. The molecule has 0 unspecified atom stereocenters. The van der Waals surface area contributed by atoms with E-state index in [0.717, 1.165) is 23.0 Å². The Bertz CT molecular complexity index is 1020. The van der Waals surface area contributed by atoms with Crippen molar-refractivity contribution < 1.29 is 9.53 Å². The number of hydrogen-bond donors (Lipinski definition) is 1. The van der Waals surface area contributed by atoms with Crippen molar-refractivity contribution in [3.05, 3.63) is 65.9 Å². The van der Waals surface area contributed by atoms with Crippen LogP contribution >= 0.6 is 0 Å². The zero-order valence-electron chi connectivity index (χ0n) is 15.6. The highest BCUT2D eigenvalue weighted by Crippen LogP contribution is 2.20. The van der Waals surface area contributed by atoms with Gasteiger partial charge in [0, 0.05) is 41.2 Å². The van der Waals surface area contributed by atoms with Crippen LogP contribution in [-0.2, 0) is 0 Å². The van der Waals surface area contributed by atoms with Crippen molar-refractivity contribution in [2.24, 2.45) is 0 Å². The monoisotopic (exact) mass is 358 g/mol. The lowest BCUT2D eigenvalue weighted by Gasteiger charge is -2.09. The highest BCUT2D eigenvalue weighted by molar-refractivity contribution is 6.06. The van der Waals surface area contributed by atoms with Crippen molar-refractivity contribution in [2.45, 2.75) is 26.7 Å². The number of amides is 1. The van der Waals surface area contributed by atoms with E-state index in [2.05, 4.69) is 22.1 Å². The summed E-state index contributed by atoms with van der Waals surface area (Å²) in [4.78, 5) is 17.0. The largest absolute Gasteiger partial charge is 0.493 e. The van der Waals surface area contributed by atoms with E-state index in [9.17, 15) is 4.79 Å². The molecule has 3 aromatic rings. The summed E-state index contributed by atoms with van der Waals surface area (Å²) in [5, 5.41) is 3.86. The molecule has 1 N–H and O–H groups in total. The molecule has 0 atom stereocenters. The fourth-order valence-corrected chi connectivity index (χ4v) is 2.67. The fraction of sp³-hybridized carbons (Fsp3) is 0.217. The fourth-order valence-electron chi connectivity index (χ4n) is 2.67. The normalized spacial score (nSPS) is 10.1. The van der Waals surface area contributed by atoms with E-state index in [-0.39, 0.29) is 5.91 Å². The number of nitrogens with one attached hydrogen (secondary N) is 1. The van der Waals surface area contributed by atoms with Crippen LogP contribution in [0, 0.1) is 18.8 Å². The zero-order chi connectivity index (χ0) is 19.1. The van der Waals surface area contributed by atoms with Crippen molar-refractivity contribution in [1.29, 1.82) is 0 Å². The number of carbonyl (C=O) groups is 1. The zero-order valence-corrected chi connectivity index (χ0v) is 15.6. The van der Waals surface area contributed by atoms with Gasteiger partial charge in [-0.3, -0.25) is 9.78 Å². The van der Waals surface area contributed by atoms with Crippen molar-refractivity contribution >= 4 is 22.5 Å². The number of aromatic nitrogens is 1. The maximum Gasteiger partial charge on any atom is 0.255 e. The third kappa shape index (κ3) is 5.08. The van der Waals surface area contributed by atoms with Gasteiger partial charge in [0.15, 0.2) is 0 Å². The van der Waals surface area contributed by atoms with Gasteiger partial charge in [0.05, 0.1) is 12.1 Å². The van der Waals surface area contributed by atoms with Crippen LogP contribution in [0.2, 0.25) is 0 Å². The first-order valence-electron chi connectivity index (χ1n) is 9.03. The maximum atomic E-state index is 12.6. The summed E-state index contributed by atoms with van der Waals surface area (Å²) in [7, 11) is 0. The molecule has 0 aliphatic heterocycles. The average molecular weight is 358 g/mol. The van der Waals surface area contributed by atoms with Gasteiger partial charge in [0.1, 0.15) is 5.75 Å². The first-order valence-corrected chi connectivity index (χ1v) is 9.03. The first kappa shape index (κ1) is 18.5. The number of carbonyl (C=O) groups excluding carboxylic acids is 1. The van der Waals surface area contributed by atoms with E-state index in [0.29, 0.717) is 30.0 Å². The van der Waals surface area contributed by atoms with E-state index in [1.54, 1.807) is 6.07 Å². The van der Waals surface area contributed by atoms with Crippen molar-refractivity contribution in [2.75, 3.05) is 11.9 Å². The lowest BCUT2D eigenvalue weighted by Crippen LogP contribution is -2.12. The number of aryl methyl sites for hydroxylation is 1. The SMILES string of the molecule is CCC#CCCOc1cccc(NC(=O)c2ccc3nc(C)ccc3c2)c1. The Morgan fingerprint density at radius 2 is 2.00 bits per heavy atom. The molecule has 0 aliphatic rings. The molecular formula is C23H22N2O2. The van der Waals surface area contributed by atoms with Gasteiger partial charge in [0.2, 0.25) is 0 Å². The predicted molar refractivity (Wildman–Crippen MR) is 109 cm³/mol. The minimum Gasteiger partial charge on any atom is -0.493 e. The van der Waals surface area contributed by atoms with Crippen LogP contribution in [0.15, 0.2) is 54.6 Å². The Kier molecular flexibility index (Phi) is 6.06. The molecular weight excluding hydrogens is 336 g/mol. The number of fused-ring (bicyclic) bond motifs is 1. The summed E-state index contributed by atoms with van der Waals surface area (Å²) in [6.07, 6.45) is 1.54. The summed E-state index contributed by atoms with van der Waals surface area (Å²) >= 11 is 0. The van der Waals surface area contributed by atoms with Gasteiger partial charge in [-0.25, -0.2) is 0 Å². The van der Waals surface area contributed by atoms with Gasteiger partial charge in [-0.05, 0) is 43.3 Å². The second-order valence-corrected chi connectivity index (χ2v) is 6.15. The van der Waals surface area contributed by atoms with E-state index < -0.39 is 0 Å². The minimum absolute atomic E-state index is 0.163. The van der Waals surface area contributed by atoms with Crippen LogP contribution in [0.4, 0.5) is 5.69 Å². The molecule has 0 fully saturated rings. The third-order valence-corrected chi connectivity index (χ3v) is 3.98. The second kappa shape index (κ2) is 8.86. The van der Waals surface area contributed by atoms with Gasteiger partial charge in [0.25, 0.3) is 5.91 Å². The lowest BCUT2D eigenvalue weighted by atomic mass is 10.1. The number of hydrogen-bond acceptors (Lipinski definition) is 3. The molecule has 0 saturated carbocycles. The molecule has 136 valence electrons. The van der Waals surface area contributed by atoms with Crippen LogP contribution in [0.3, 0.4) is 0 Å². The maximum absolute atomic E-state index is 12.6. The Morgan fingerprint density at radius 1 is 1.11 bits per heavy atom. The Morgan fingerprint density at radius 3 is 2.85 bits per heavy atom. The summed E-state index contributed by atoms with van der Waals surface area (Å²) in [5.74, 6) is 6.60. The van der Waals surface area contributed by atoms with E-state index in [1.165, 1.54) is 0 Å². The molecule has 0 bridgehead atoms. The molecule has 27 heavy (non-hydrogen) atoms. The van der Waals surface area contributed by atoms with Crippen LogP contribution in [0.25, 0.3) is 10.9 Å². The second-order valence-electron chi connectivity index (χ2n) is 6.15. The van der Waals surface area contributed by atoms with E-state index in [1.807, 2.05) is 62.4 Å². The average Bonchev–Trinajstić information content (AvgIpc) is 2.67. The summed E-state index contributed by atoms with van der Waals surface area (Å²) in [5.41, 5.74) is 3.12. The molecule has 0 spiro atoms. The van der Waals surface area contributed by atoms with Crippen molar-refractivity contribution in [1.82, 2.24) is 4.98 Å². The molecule has 4 heteroatoms. The van der Waals surface area contributed by atoms with E-state index in [4.69, 9.17) is 4.74 Å². The Hall–Kier alpha value is -3.32. The predicted octanol–water partition coefficient (Wildman–Crippen LogP) is 4.98. The summed E-state index contributed by atoms with van der Waals surface area (Å²) in [6, 6.07) is 16.8. The quantitative estimate of drug-likeness (QED) is 0.517. The van der Waals surface area contributed by atoms with Crippen molar-refractivity contribution in [3.63, 3.8) is 0 Å². The highest BCUT2D eigenvalue weighted by atomic mass is 16.5. The molecule has 0 saturated heterocycles. The smallest absolute Gasteiger partial charge is 0.255 e. The number of pyridine rings is 1. The van der Waals surface area contributed by atoms with Gasteiger partial charge < -0.3 is 10.1 Å². The summed E-state index contributed by atoms with van der Waals surface area (Å²) < 4.78 is 5.69. The summed E-state index contributed by atoms with van der Waals surface area (Å²) in [6.45, 7) is 4.50. The Balaban J connectivity index is 1.67. The third-order valence-electron chi connectivity index (χ3n) is 3.98. The van der Waals surface area contributed by atoms with Crippen LogP contribution in [-0.4, -0.2) is 17.5 Å². The number of nitrogens with zero attached hydrogens (tertiary/aromatic N) is 1. The minimum atomic E-state index is -0.163. The van der Waals surface area contributed by atoms with Crippen LogP contribution in [0.1, 0.15) is 35.8 Å². The number of rotatable bonds is 5. The van der Waals surface area contributed by atoms with Gasteiger partial charge in [-0.2, -0.15) is 0 Å². The molecule has 4 nitrogen and oxygen atoms in total. The first-order chi connectivity index (χ1) is 13.2. The van der Waals surface area contributed by atoms with Crippen molar-refractivity contribution in [3.8, 4) is 17.6 Å². The highest BCUT2D eigenvalue weighted by Gasteiger charge is 2.08. The standard InChI is InChI=1S/C23H22N2O2/c1-3-4-5-6-14-27-21-9-7-8-20(16-21)25-23(26)19-12-13-22-18(15-19)11-10-17(2)24-22/h7-13,15-16H,3,6,14H2,1-2H3,(H,25,26). The van der Waals surface area contributed by atoms with Crippen LogP contribution < -0.4 is 10.1 Å². The van der Waals surface area contributed by atoms with Gasteiger partial charge in [-0.15, -0.1) is 5.92 Å². The molecule has 1 aromatic heterocycles. The van der Waals surface area contributed by atoms with E-state index >= 15 is 0 Å². The Labute approximate surface area is 159 Å². The number of benzene rings is 2. The topological polar surface area (TPSA) is 51.2 Å². The van der Waals surface area contributed by atoms with Crippen LogP contribution in [0.5, 0.6) is 5.75 Å². The lowest BCUT2D eigenvalue weighted by molar-refractivity contribution is 0.102. The molecule has 3 rings (SSSR count). The van der Waals surface area contributed by atoms with Gasteiger partial charge in [-0.1, -0.05) is 25.0 Å². The molecule has 1 heterocycles. The molecule has 1 amide bonds. The molecule has 0 radical (unpaired) electrons. The molecule has 2 aromatic carbocycles. The van der Waals surface area contributed by atoms with Gasteiger partial charge >= 0.3 is 0 Å². The molecule has 0 aliphatic carbocycles. The number of ether oxygens (including phenoxy) is 1.